The monoisotopic (exact) mass is 314 g/mol. The van der Waals surface area contributed by atoms with Crippen molar-refractivity contribution in [1.82, 2.24) is 0 Å². The fraction of sp³-hybridized carbons (Fsp3) is 0. The van der Waals surface area contributed by atoms with Crippen LogP contribution in [0.15, 0.2) is 85.4 Å². The SMILES string of the molecule is C1=Cc2ccccc21.C1=Cc2ccccc21.C=C[SiH](C=C)C=C. The van der Waals surface area contributed by atoms with Crippen LogP contribution in [0.2, 0.25) is 0 Å². The first-order valence-electron chi connectivity index (χ1n) is 7.70. The van der Waals surface area contributed by atoms with Crippen LogP contribution in [0.25, 0.3) is 24.3 Å². The third-order valence-corrected chi connectivity index (χ3v) is 5.33. The Kier molecular flexibility index (Phi) is 6.34. The molecule has 2 aliphatic rings. The van der Waals surface area contributed by atoms with Gasteiger partial charge < -0.3 is 0 Å². The lowest BCUT2D eigenvalue weighted by molar-refractivity contribution is 1.58. The summed E-state index contributed by atoms with van der Waals surface area (Å²) >= 11 is 0. The van der Waals surface area contributed by atoms with Crippen molar-refractivity contribution in [2.24, 2.45) is 0 Å². The van der Waals surface area contributed by atoms with Crippen LogP contribution in [0.4, 0.5) is 0 Å². The summed E-state index contributed by atoms with van der Waals surface area (Å²) in [4.78, 5) is 0. The Labute approximate surface area is 141 Å². The molecule has 0 amide bonds. The second-order valence-corrected chi connectivity index (χ2v) is 7.78. The first kappa shape index (κ1) is 16.7. The highest BCUT2D eigenvalue weighted by Gasteiger charge is 2.00. The molecule has 0 saturated heterocycles. The molecular formula is C22H22Si. The van der Waals surface area contributed by atoms with Crippen LogP contribution in [0.5, 0.6) is 0 Å². The van der Waals surface area contributed by atoms with Gasteiger partial charge in [-0.3, -0.25) is 0 Å². The molecule has 0 radical (unpaired) electrons. The van der Waals surface area contributed by atoms with Gasteiger partial charge in [-0.15, -0.1) is 19.7 Å². The smallest absolute Gasteiger partial charge is 0.107 e. The van der Waals surface area contributed by atoms with Crippen molar-refractivity contribution in [3.05, 3.63) is 108 Å². The van der Waals surface area contributed by atoms with Crippen LogP contribution in [0.1, 0.15) is 22.3 Å². The summed E-state index contributed by atoms with van der Waals surface area (Å²) in [6.07, 6.45) is 8.48. The maximum atomic E-state index is 3.62. The zero-order chi connectivity index (χ0) is 16.5. The molecule has 114 valence electrons. The average Bonchev–Trinajstić information content (AvgIpc) is 2.53. The molecule has 0 fully saturated rings. The highest BCUT2D eigenvalue weighted by molar-refractivity contribution is 6.73. The van der Waals surface area contributed by atoms with Gasteiger partial charge in [0.05, 0.1) is 0 Å². The zero-order valence-electron chi connectivity index (χ0n) is 13.4. The predicted octanol–water partition coefficient (Wildman–Crippen LogP) is 5.73. The maximum absolute atomic E-state index is 3.62. The van der Waals surface area contributed by atoms with Crippen molar-refractivity contribution >= 4 is 33.1 Å². The molecule has 0 N–H and O–H groups in total. The molecule has 0 saturated carbocycles. The second kappa shape index (κ2) is 8.72. The van der Waals surface area contributed by atoms with Gasteiger partial charge >= 0.3 is 0 Å². The average molecular weight is 315 g/mol. The molecule has 23 heavy (non-hydrogen) atoms. The van der Waals surface area contributed by atoms with E-state index < -0.39 is 8.80 Å². The van der Waals surface area contributed by atoms with Crippen LogP contribution < -0.4 is 0 Å². The molecule has 0 nitrogen and oxygen atoms in total. The van der Waals surface area contributed by atoms with E-state index in [0.29, 0.717) is 0 Å². The lowest BCUT2D eigenvalue weighted by Gasteiger charge is -2.06. The number of fused-ring (bicyclic) bond motifs is 2. The quantitative estimate of drug-likeness (QED) is 0.424. The zero-order valence-corrected chi connectivity index (χ0v) is 14.5. The molecule has 0 aliphatic heterocycles. The van der Waals surface area contributed by atoms with Gasteiger partial charge in [-0.1, -0.05) is 89.9 Å². The largest absolute Gasteiger partial charge is 0.107 e. The molecule has 4 rings (SSSR count). The molecular weight excluding hydrogens is 292 g/mol. The topological polar surface area (TPSA) is 0 Å². The Hall–Kier alpha value is -2.64. The molecule has 2 aromatic carbocycles. The normalized spacial score (nSPS) is 11.2. The maximum Gasteiger partial charge on any atom is 0.107 e. The first-order valence-corrected chi connectivity index (χ1v) is 9.70. The molecule has 0 atom stereocenters. The minimum atomic E-state index is -0.880. The van der Waals surface area contributed by atoms with E-state index >= 15 is 0 Å². The highest BCUT2D eigenvalue weighted by Crippen LogP contribution is 2.22. The van der Waals surface area contributed by atoms with E-state index in [-0.39, 0.29) is 0 Å². The van der Waals surface area contributed by atoms with Gasteiger partial charge in [-0.2, -0.15) is 0 Å². The van der Waals surface area contributed by atoms with Crippen LogP contribution in [0, 0.1) is 0 Å². The van der Waals surface area contributed by atoms with E-state index in [1.165, 1.54) is 22.3 Å². The summed E-state index contributed by atoms with van der Waals surface area (Å²) < 4.78 is 0. The summed E-state index contributed by atoms with van der Waals surface area (Å²) in [5, 5.41) is 0. The van der Waals surface area contributed by atoms with E-state index in [1.807, 2.05) is 17.1 Å². The minimum absolute atomic E-state index is 0.880. The van der Waals surface area contributed by atoms with Gasteiger partial charge in [-0.25, -0.2) is 0 Å². The molecule has 0 unspecified atom stereocenters. The summed E-state index contributed by atoms with van der Waals surface area (Å²) in [7, 11) is -0.880. The highest BCUT2D eigenvalue weighted by atomic mass is 28.3. The molecule has 0 heterocycles. The third kappa shape index (κ3) is 4.66. The van der Waals surface area contributed by atoms with E-state index in [2.05, 4.69) is 92.6 Å². The number of rotatable bonds is 3. The molecule has 0 aromatic heterocycles. The van der Waals surface area contributed by atoms with Crippen LogP contribution in [-0.4, -0.2) is 8.80 Å². The number of hydrogen-bond donors (Lipinski definition) is 0. The van der Waals surface area contributed by atoms with Gasteiger partial charge in [-0.05, 0) is 22.3 Å². The van der Waals surface area contributed by atoms with Gasteiger partial charge in [0.15, 0.2) is 0 Å². The Morgan fingerprint density at radius 3 is 0.870 bits per heavy atom. The summed E-state index contributed by atoms with van der Waals surface area (Å²) in [5.74, 6) is 0. The van der Waals surface area contributed by atoms with E-state index in [1.54, 1.807) is 0 Å². The molecule has 0 spiro atoms. The number of benzene rings is 2. The molecule has 0 bridgehead atoms. The fourth-order valence-electron chi connectivity index (χ4n) is 2.08. The van der Waals surface area contributed by atoms with Crippen molar-refractivity contribution in [2.75, 3.05) is 0 Å². The Balaban J connectivity index is 0.000000126. The molecule has 1 heteroatoms. The first-order chi connectivity index (χ1) is 11.3. The molecule has 2 aliphatic carbocycles. The van der Waals surface area contributed by atoms with E-state index in [4.69, 9.17) is 0 Å². The predicted molar refractivity (Wildman–Crippen MR) is 108 cm³/mol. The third-order valence-electron chi connectivity index (χ3n) is 3.69. The van der Waals surface area contributed by atoms with Gasteiger partial charge in [0.25, 0.3) is 0 Å². The van der Waals surface area contributed by atoms with Gasteiger partial charge in [0.2, 0.25) is 0 Å². The van der Waals surface area contributed by atoms with Crippen LogP contribution in [0.3, 0.4) is 0 Å². The van der Waals surface area contributed by atoms with Gasteiger partial charge in [0.1, 0.15) is 8.80 Å². The van der Waals surface area contributed by atoms with Crippen molar-refractivity contribution in [1.29, 1.82) is 0 Å². The molecule has 2 aromatic rings. The fourth-order valence-corrected chi connectivity index (χ4v) is 2.66. The van der Waals surface area contributed by atoms with Crippen LogP contribution in [-0.2, 0) is 0 Å². The minimum Gasteiger partial charge on any atom is -0.107 e. The van der Waals surface area contributed by atoms with Crippen molar-refractivity contribution in [3.63, 3.8) is 0 Å². The van der Waals surface area contributed by atoms with Crippen LogP contribution >= 0.6 is 0 Å². The Bertz CT molecular complexity index is 628. The lowest BCUT2D eigenvalue weighted by Crippen LogP contribution is -1.97. The van der Waals surface area contributed by atoms with E-state index in [9.17, 15) is 0 Å². The Morgan fingerprint density at radius 2 is 0.783 bits per heavy atom. The summed E-state index contributed by atoms with van der Waals surface area (Å²) in [6.45, 7) is 10.9. The standard InChI is InChI=1S/2C8H6.C6H10Si/c2*1-2-4-8-6-5-7(8)3-1;1-4-7(5-2)6-3/h2*1-6H;4-7H,1-3H2. The van der Waals surface area contributed by atoms with Crippen molar-refractivity contribution < 1.29 is 0 Å². The van der Waals surface area contributed by atoms with Crippen molar-refractivity contribution in [2.45, 2.75) is 0 Å². The van der Waals surface area contributed by atoms with E-state index in [0.717, 1.165) is 0 Å². The lowest BCUT2D eigenvalue weighted by atomic mass is 9.99. The second-order valence-electron chi connectivity index (χ2n) is 5.21. The summed E-state index contributed by atoms with van der Waals surface area (Å²) in [6, 6.07) is 16.7. The van der Waals surface area contributed by atoms with Crippen molar-refractivity contribution in [3.8, 4) is 0 Å². The number of hydrogen-bond acceptors (Lipinski definition) is 0. The van der Waals surface area contributed by atoms with Gasteiger partial charge in [0, 0.05) is 0 Å². The summed E-state index contributed by atoms with van der Waals surface area (Å²) in [5.41, 5.74) is 11.3. The Morgan fingerprint density at radius 1 is 0.522 bits per heavy atom.